The molecule has 0 aliphatic heterocycles. The molecule has 0 aliphatic carbocycles. The van der Waals surface area contributed by atoms with Crippen LogP contribution < -0.4 is 10.6 Å². The highest BCUT2D eigenvalue weighted by atomic mass is 16.6. The summed E-state index contributed by atoms with van der Waals surface area (Å²) < 4.78 is 10.0. The molecule has 150 valence electrons. The Balaban J connectivity index is 3.02. The van der Waals surface area contributed by atoms with Gasteiger partial charge in [-0.3, -0.25) is 4.79 Å². The Bertz CT molecular complexity index is 638. The Morgan fingerprint density at radius 3 is 2.11 bits per heavy atom. The zero-order chi connectivity index (χ0) is 20.6. The molecule has 1 aromatic carbocycles. The molecule has 0 radical (unpaired) electrons. The van der Waals surface area contributed by atoms with E-state index in [0.717, 1.165) is 0 Å². The van der Waals surface area contributed by atoms with Gasteiger partial charge in [-0.1, -0.05) is 44.2 Å². The third kappa shape index (κ3) is 8.11. The molecule has 0 spiro atoms. The van der Waals surface area contributed by atoms with E-state index < -0.39 is 35.7 Å². The van der Waals surface area contributed by atoms with Gasteiger partial charge in [0.1, 0.15) is 17.7 Å². The number of ether oxygens (including phenoxy) is 2. The Labute approximate surface area is 160 Å². The monoisotopic (exact) mass is 378 g/mol. The fraction of sp³-hybridized carbons (Fsp3) is 0.550. The summed E-state index contributed by atoms with van der Waals surface area (Å²) in [5.74, 6) is -0.868. The number of esters is 1. The van der Waals surface area contributed by atoms with E-state index in [4.69, 9.17) is 9.47 Å². The lowest BCUT2D eigenvalue weighted by Gasteiger charge is -2.25. The maximum Gasteiger partial charge on any atom is 0.408 e. The van der Waals surface area contributed by atoms with Crippen molar-refractivity contribution in [3.63, 3.8) is 0 Å². The molecule has 2 amide bonds. The maximum atomic E-state index is 12.9. The van der Waals surface area contributed by atoms with E-state index in [1.165, 1.54) is 7.11 Å². The highest BCUT2D eigenvalue weighted by molar-refractivity contribution is 5.90. The number of amides is 2. The molecule has 27 heavy (non-hydrogen) atoms. The van der Waals surface area contributed by atoms with Gasteiger partial charge in [-0.15, -0.1) is 0 Å². The van der Waals surface area contributed by atoms with Crippen LogP contribution in [0.4, 0.5) is 4.79 Å². The van der Waals surface area contributed by atoms with E-state index in [1.807, 2.05) is 19.9 Å². The second-order valence-corrected chi connectivity index (χ2v) is 7.70. The molecule has 0 unspecified atom stereocenters. The zero-order valence-corrected chi connectivity index (χ0v) is 16.9. The van der Waals surface area contributed by atoms with Crippen molar-refractivity contribution in [1.29, 1.82) is 0 Å². The van der Waals surface area contributed by atoms with E-state index >= 15 is 0 Å². The third-order valence-corrected chi connectivity index (χ3v) is 3.57. The van der Waals surface area contributed by atoms with Gasteiger partial charge in [0.05, 0.1) is 7.11 Å². The minimum Gasteiger partial charge on any atom is -0.467 e. The number of alkyl carbamates (subject to hydrolysis) is 1. The van der Waals surface area contributed by atoms with Crippen molar-refractivity contribution < 1.29 is 23.9 Å². The van der Waals surface area contributed by atoms with E-state index in [0.29, 0.717) is 12.0 Å². The van der Waals surface area contributed by atoms with E-state index in [9.17, 15) is 14.4 Å². The third-order valence-electron chi connectivity index (χ3n) is 3.57. The molecule has 0 bridgehead atoms. The molecule has 2 N–H and O–H groups in total. The minimum absolute atomic E-state index is 0.170. The summed E-state index contributed by atoms with van der Waals surface area (Å²) in [6.45, 7) is 9.09. The first-order valence-corrected chi connectivity index (χ1v) is 8.96. The molecule has 7 nitrogen and oxygen atoms in total. The van der Waals surface area contributed by atoms with Crippen LogP contribution in [0.15, 0.2) is 30.3 Å². The van der Waals surface area contributed by atoms with Crippen molar-refractivity contribution in [2.75, 3.05) is 7.11 Å². The number of hydrogen-bond donors (Lipinski definition) is 2. The topological polar surface area (TPSA) is 93.7 Å². The fourth-order valence-corrected chi connectivity index (χ4v) is 2.45. The number of hydrogen-bond acceptors (Lipinski definition) is 5. The second-order valence-electron chi connectivity index (χ2n) is 7.70. The Hall–Kier alpha value is -2.57. The lowest BCUT2D eigenvalue weighted by molar-refractivity contribution is -0.145. The number of nitrogens with one attached hydrogen (secondary N) is 2. The van der Waals surface area contributed by atoms with Crippen LogP contribution in [0.5, 0.6) is 0 Å². The Morgan fingerprint density at radius 1 is 1.04 bits per heavy atom. The van der Waals surface area contributed by atoms with Crippen molar-refractivity contribution in [3.8, 4) is 0 Å². The smallest absolute Gasteiger partial charge is 0.408 e. The summed E-state index contributed by atoms with van der Waals surface area (Å²) >= 11 is 0. The van der Waals surface area contributed by atoms with E-state index in [2.05, 4.69) is 10.6 Å². The lowest BCUT2D eigenvalue weighted by Crippen LogP contribution is -2.48. The van der Waals surface area contributed by atoms with Crippen molar-refractivity contribution in [2.45, 2.75) is 58.7 Å². The normalized spacial score (nSPS) is 13.4. The van der Waals surface area contributed by atoms with Gasteiger partial charge in [0.15, 0.2) is 0 Å². The average molecular weight is 378 g/mol. The molecule has 0 aliphatic rings. The molecule has 1 aromatic rings. The summed E-state index contributed by atoms with van der Waals surface area (Å²) in [6, 6.07) is 6.97. The van der Waals surface area contributed by atoms with Gasteiger partial charge in [-0.25, -0.2) is 9.59 Å². The number of benzene rings is 1. The molecule has 0 saturated heterocycles. The molecule has 7 heteroatoms. The molecular formula is C20H30N2O5. The summed E-state index contributed by atoms with van der Waals surface area (Å²) in [5, 5.41) is 5.26. The van der Waals surface area contributed by atoms with Crippen molar-refractivity contribution >= 4 is 18.0 Å². The predicted octanol–water partition coefficient (Wildman–Crippen LogP) is 2.96. The van der Waals surface area contributed by atoms with Crippen LogP contribution in [0.25, 0.3) is 0 Å². The lowest BCUT2D eigenvalue weighted by atomic mass is 10.0. The SMILES string of the molecule is COC(=O)[C@H](CC(C)C)NC(=O)[C@H](NC(=O)OC(C)(C)C)c1ccccc1. The quantitative estimate of drug-likeness (QED) is 0.712. The number of carbonyl (C=O) groups excluding carboxylic acids is 3. The van der Waals surface area contributed by atoms with Gasteiger partial charge in [-0.05, 0) is 38.7 Å². The van der Waals surface area contributed by atoms with Gasteiger partial charge < -0.3 is 20.1 Å². The molecule has 0 aromatic heterocycles. The first kappa shape index (κ1) is 22.5. The average Bonchev–Trinajstić information content (AvgIpc) is 2.57. The molecule has 1 rings (SSSR count). The van der Waals surface area contributed by atoms with Crippen molar-refractivity contribution in [2.24, 2.45) is 5.92 Å². The largest absolute Gasteiger partial charge is 0.467 e. The molecule has 2 atom stereocenters. The van der Waals surface area contributed by atoms with Gasteiger partial charge in [0.25, 0.3) is 0 Å². The number of rotatable bonds is 7. The molecule has 0 fully saturated rings. The van der Waals surface area contributed by atoms with Crippen LogP contribution in [-0.4, -0.2) is 36.7 Å². The van der Waals surface area contributed by atoms with Crippen LogP contribution >= 0.6 is 0 Å². The second kappa shape index (κ2) is 9.94. The van der Waals surface area contributed by atoms with Gasteiger partial charge >= 0.3 is 12.1 Å². The van der Waals surface area contributed by atoms with Crippen LogP contribution in [0.1, 0.15) is 52.6 Å². The summed E-state index contributed by atoms with van der Waals surface area (Å²) in [5.41, 5.74) is -0.123. The summed E-state index contributed by atoms with van der Waals surface area (Å²) in [4.78, 5) is 37.1. The summed E-state index contributed by atoms with van der Waals surface area (Å²) in [7, 11) is 1.27. The Morgan fingerprint density at radius 2 is 1.63 bits per heavy atom. The van der Waals surface area contributed by atoms with Gasteiger partial charge in [-0.2, -0.15) is 0 Å². The Kier molecular flexibility index (Phi) is 8.28. The first-order chi connectivity index (χ1) is 12.5. The standard InChI is InChI=1S/C20H30N2O5/c1-13(2)12-15(18(24)26-6)21-17(23)16(14-10-8-7-9-11-14)22-19(25)27-20(3,4)5/h7-11,13,15-16H,12H2,1-6H3,(H,21,23)(H,22,25)/t15-,16+/m0/s1. The van der Waals surface area contributed by atoms with Crippen LogP contribution in [0.3, 0.4) is 0 Å². The first-order valence-electron chi connectivity index (χ1n) is 8.96. The number of methoxy groups -OCH3 is 1. The summed E-state index contributed by atoms with van der Waals surface area (Å²) in [6.07, 6.45) is -0.295. The molecule has 0 saturated carbocycles. The zero-order valence-electron chi connectivity index (χ0n) is 16.9. The van der Waals surface area contributed by atoms with Crippen molar-refractivity contribution in [1.82, 2.24) is 10.6 Å². The van der Waals surface area contributed by atoms with Crippen molar-refractivity contribution in [3.05, 3.63) is 35.9 Å². The maximum absolute atomic E-state index is 12.9. The highest BCUT2D eigenvalue weighted by Gasteiger charge is 2.30. The molecule has 0 heterocycles. The van der Waals surface area contributed by atoms with E-state index in [-0.39, 0.29) is 5.92 Å². The van der Waals surface area contributed by atoms with Crippen LogP contribution in [-0.2, 0) is 19.1 Å². The van der Waals surface area contributed by atoms with Gasteiger partial charge in [0, 0.05) is 0 Å². The minimum atomic E-state index is -1.000. The predicted molar refractivity (Wildman–Crippen MR) is 102 cm³/mol. The van der Waals surface area contributed by atoms with Crippen LogP contribution in [0.2, 0.25) is 0 Å². The van der Waals surface area contributed by atoms with Gasteiger partial charge in [0.2, 0.25) is 5.91 Å². The number of carbonyl (C=O) groups is 3. The van der Waals surface area contributed by atoms with Crippen LogP contribution in [0, 0.1) is 5.92 Å². The fourth-order valence-electron chi connectivity index (χ4n) is 2.45. The highest BCUT2D eigenvalue weighted by Crippen LogP contribution is 2.16. The van der Waals surface area contributed by atoms with E-state index in [1.54, 1.807) is 45.0 Å². The molecular weight excluding hydrogens is 348 g/mol.